The monoisotopic (exact) mass is 325 g/mol. The fourth-order valence-corrected chi connectivity index (χ4v) is 4.04. The van der Waals surface area contributed by atoms with Crippen molar-refractivity contribution in [2.45, 2.75) is 64.1 Å². The van der Waals surface area contributed by atoms with Gasteiger partial charge >= 0.3 is 0 Å². The molecular formula is C19H23N3O2. The highest BCUT2D eigenvalue weighted by Crippen LogP contribution is 2.25. The van der Waals surface area contributed by atoms with E-state index in [9.17, 15) is 9.59 Å². The van der Waals surface area contributed by atoms with Gasteiger partial charge in [0.2, 0.25) is 5.91 Å². The van der Waals surface area contributed by atoms with Crippen LogP contribution < -0.4 is 5.56 Å². The summed E-state index contributed by atoms with van der Waals surface area (Å²) < 4.78 is 1.56. The van der Waals surface area contributed by atoms with Crippen LogP contribution in [0.4, 0.5) is 0 Å². The summed E-state index contributed by atoms with van der Waals surface area (Å²) >= 11 is 0. The molecule has 2 aliphatic rings. The second kappa shape index (κ2) is 6.38. The summed E-state index contributed by atoms with van der Waals surface area (Å²) in [6, 6.07) is 7.68. The smallest absolute Gasteiger partial charge is 0.261 e. The zero-order valence-electron chi connectivity index (χ0n) is 13.9. The maximum Gasteiger partial charge on any atom is 0.261 e. The molecule has 0 N–H and O–H groups in total. The third kappa shape index (κ3) is 2.72. The van der Waals surface area contributed by atoms with E-state index in [1.165, 1.54) is 32.1 Å². The number of fused-ring (bicyclic) bond motifs is 2. The molecule has 0 unspecified atom stereocenters. The SMILES string of the molecule is O=C1Cn2c(nc3ccccc3c2=O)CN1C1CCCCCCC1. The van der Waals surface area contributed by atoms with Crippen molar-refractivity contribution in [3.05, 3.63) is 40.4 Å². The average Bonchev–Trinajstić information content (AvgIpc) is 2.56. The molecular weight excluding hydrogens is 302 g/mol. The lowest BCUT2D eigenvalue weighted by atomic mass is 9.95. The van der Waals surface area contributed by atoms with Crippen LogP contribution in [0, 0.1) is 0 Å². The Morgan fingerprint density at radius 2 is 1.62 bits per heavy atom. The highest BCUT2D eigenvalue weighted by Gasteiger charge is 2.30. The Kier molecular flexibility index (Phi) is 4.08. The van der Waals surface area contributed by atoms with Gasteiger partial charge in [-0.15, -0.1) is 0 Å². The molecule has 2 aromatic rings. The van der Waals surface area contributed by atoms with Crippen molar-refractivity contribution >= 4 is 16.8 Å². The molecule has 1 aromatic heterocycles. The van der Waals surface area contributed by atoms with Crippen molar-refractivity contribution in [3.63, 3.8) is 0 Å². The Morgan fingerprint density at radius 3 is 2.42 bits per heavy atom. The molecule has 1 aromatic carbocycles. The number of nitrogens with zero attached hydrogens (tertiary/aromatic N) is 3. The standard InChI is InChI=1S/C19H23N3O2/c23-18-13-22-17(20-16-11-7-6-10-15(16)19(22)24)12-21(18)14-8-4-2-1-3-5-9-14/h6-7,10-11,14H,1-5,8-9,12-13H2. The van der Waals surface area contributed by atoms with Crippen LogP contribution in [0.1, 0.15) is 50.8 Å². The molecule has 0 atom stereocenters. The van der Waals surface area contributed by atoms with Crippen LogP contribution in [0.3, 0.4) is 0 Å². The minimum atomic E-state index is -0.0960. The Balaban J connectivity index is 1.68. The lowest BCUT2D eigenvalue weighted by Gasteiger charge is -2.36. The normalized spacial score (nSPS) is 19.8. The van der Waals surface area contributed by atoms with E-state index in [1.54, 1.807) is 10.6 Å². The fourth-order valence-electron chi connectivity index (χ4n) is 4.04. The van der Waals surface area contributed by atoms with Gasteiger partial charge in [0.05, 0.1) is 17.4 Å². The molecule has 4 rings (SSSR count). The maximum absolute atomic E-state index is 12.7. The van der Waals surface area contributed by atoms with Crippen LogP contribution in [0.25, 0.3) is 10.9 Å². The van der Waals surface area contributed by atoms with Crippen LogP contribution >= 0.6 is 0 Å². The zero-order valence-corrected chi connectivity index (χ0v) is 13.9. The van der Waals surface area contributed by atoms with Crippen molar-refractivity contribution in [3.8, 4) is 0 Å². The lowest BCUT2D eigenvalue weighted by Crippen LogP contribution is -2.48. The van der Waals surface area contributed by atoms with Crippen LogP contribution in [0.2, 0.25) is 0 Å². The molecule has 0 saturated heterocycles. The van der Waals surface area contributed by atoms with Crippen LogP contribution in [-0.4, -0.2) is 26.4 Å². The highest BCUT2D eigenvalue weighted by atomic mass is 16.2. The van der Waals surface area contributed by atoms with Gasteiger partial charge in [0, 0.05) is 6.04 Å². The fraction of sp³-hybridized carbons (Fsp3) is 0.526. The minimum Gasteiger partial charge on any atom is -0.331 e. The molecule has 24 heavy (non-hydrogen) atoms. The summed E-state index contributed by atoms with van der Waals surface area (Å²) in [4.78, 5) is 32.0. The predicted octanol–water partition coefficient (Wildman–Crippen LogP) is 2.85. The van der Waals surface area contributed by atoms with Gasteiger partial charge in [0.15, 0.2) is 0 Å². The molecule has 5 heteroatoms. The molecule has 1 fully saturated rings. The van der Waals surface area contributed by atoms with E-state index in [1.807, 2.05) is 23.1 Å². The molecule has 0 radical (unpaired) electrons. The maximum atomic E-state index is 12.7. The van der Waals surface area contributed by atoms with Crippen molar-refractivity contribution in [2.24, 2.45) is 0 Å². The van der Waals surface area contributed by atoms with Crippen molar-refractivity contribution in [1.82, 2.24) is 14.5 Å². The first-order chi connectivity index (χ1) is 11.7. The second-order valence-electron chi connectivity index (χ2n) is 6.96. The van der Waals surface area contributed by atoms with Gasteiger partial charge in [-0.3, -0.25) is 14.2 Å². The second-order valence-corrected chi connectivity index (χ2v) is 6.96. The Morgan fingerprint density at radius 1 is 0.917 bits per heavy atom. The third-order valence-electron chi connectivity index (χ3n) is 5.38. The van der Waals surface area contributed by atoms with E-state index >= 15 is 0 Å². The van der Waals surface area contributed by atoms with Gasteiger partial charge in [0.1, 0.15) is 12.4 Å². The van der Waals surface area contributed by atoms with Crippen molar-refractivity contribution in [1.29, 1.82) is 0 Å². The van der Waals surface area contributed by atoms with Crippen LogP contribution in [0.15, 0.2) is 29.1 Å². The van der Waals surface area contributed by atoms with Gasteiger partial charge in [0.25, 0.3) is 5.56 Å². The van der Waals surface area contributed by atoms with E-state index in [0.717, 1.165) is 24.2 Å². The Bertz CT molecular complexity index is 819. The van der Waals surface area contributed by atoms with Crippen LogP contribution in [0.5, 0.6) is 0 Å². The van der Waals surface area contributed by atoms with E-state index in [4.69, 9.17) is 0 Å². The summed E-state index contributed by atoms with van der Waals surface area (Å²) in [5, 5.41) is 0.591. The number of para-hydroxylation sites is 1. The van der Waals surface area contributed by atoms with Gasteiger partial charge < -0.3 is 4.90 Å². The topological polar surface area (TPSA) is 55.2 Å². The molecule has 1 aliphatic heterocycles. The molecule has 5 nitrogen and oxygen atoms in total. The molecule has 126 valence electrons. The van der Waals surface area contributed by atoms with Crippen molar-refractivity contribution in [2.75, 3.05) is 0 Å². The first-order valence-corrected chi connectivity index (χ1v) is 9.02. The zero-order chi connectivity index (χ0) is 16.5. The molecule has 1 aliphatic carbocycles. The molecule has 2 heterocycles. The predicted molar refractivity (Wildman–Crippen MR) is 92.7 cm³/mol. The van der Waals surface area contributed by atoms with E-state index in [2.05, 4.69) is 4.98 Å². The van der Waals surface area contributed by atoms with Gasteiger partial charge in [-0.05, 0) is 25.0 Å². The van der Waals surface area contributed by atoms with E-state index in [-0.39, 0.29) is 18.0 Å². The largest absolute Gasteiger partial charge is 0.331 e. The van der Waals surface area contributed by atoms with Crippen LogP contribution in [-0.2, 0) is 17.9 Å². The average molecular weight is 325 g/mol. The van der Waals surface area contributed by atoms with E-state index < -0.39 is 0 Å². The number of aromatic nitrogens is 2. The summed E-state index contributed by atoms with van der Waals surface area (Å²) in [5.74, 6) is 0.785. The minimum absolute atomic E-state index is 0.0623. The quantitative estimate of drug-likeness (QED) is 0.810. The van der Waals surface area contributed by atoms with E-state index in [0.29, 0.717) is 18.0 Å². The first-order valence-electron chi connectivity index (χ1n) is 9.02. The highest BCUT2D eigenvalue weighted by molar-refractivity contribution is 5.80. The summed E-state index contributed by atoms with van der Waals surface area (Å²) in [6.07, 6.45) is 8.35. The Labute approximate surface area is 141 Å². The number of carbonyl (C=O) groups excluding carboxylic acids is 1. The molecule has 1 saturated carbocycles. The first kappa shape index (κ1) is 15.4. The summed E-state index contributed by atoms with van der Waals surface area (Å²) in [7, 11) is 0. The number of hydrogen-bond acceptors (Lipinski definition) is 3. The number of carbonyl (C=O) groups is 1. The number of hydrogen-bond donors (Lipinski definition) is 0. The van der Waals surface area contributed by atoms with Gasteiger partial charge in [-0.2, -0.15) is 0 Å². The molecule has 0 spiro atoms. The number of amides is 1. The summed E-state index contributed by atoms with van der Waals surface area (Å²) in [5.41, 5.74) is 0.627. The number of rotatable bonds is 1. The number of benzene rings is 1. The third-order valence-corrected chi connectivity index (χ3v) is 5.38. The molecule has 0 bridgehead atoms. The van der Waals surface area contributed by atoms with Gasteiger partial charge in [-0.1, -0.05) is 44.2 Å². The Hall–Kier alpha value is -2.17. The van der Waals surface area contributed by atoms with Crippen molar-refractivity contribution < 1.29 is 4.79 Å². The lowest BCUT2D eigenvalue weighted by molar-refractivity contribution is -0.137. The molecule has 1 amide bonds. The van der Waals surface area contributed by atoms with Gasteiger partial charge in [-0.25, -0.2) is 4.98 Å². The summed E-state index contributed by atoms with van der Waals surface area (Å²) in [6.45, 7) is 0.589.